The van der Waals surface area contributed by atoms with Gasteiger partial charge in [0, 0.05) is 31.6 Å². The second kappa shape index (κ2) is 5.87. The van der Waals surface area contributed by atoms with Crippen molar-refractivity contribution in [3.8, 4) is 0 Å². The summed E-state index contributed by atoms with van der Waals surface area (Å²) >= 11 is 0. The molecule has 5 rings (SSSR count). The molecule has 0 bridgehead atoms. The monoisotopic (exact) mass is 338 g/mol. The number of piperidine rings is 1. The molecule has 130 valence electrons. The molecule has 0 unspecified atom stereocenters. The minimum absolute atomic E-state index is 0.426. The van der Waals surface area contributed by atoms with Gasteiger partial charge in [-0.25, -0.2) is 0 Å². The average molecular weight is 338 g/mol. The number of likely N-dealkylation sites (tertiary alicyclic amines) is 1. The summed E-state index contributed by atoms with van der Waals surface area (Å²) in [6, 6.07) is 4.16. The summed E-state index contributed by atoms with van der Waals surface area (Å²) in [5.41, 5.74) is 3.08. The first-order valence-electron chi connectivity index (χ1n) is 9.06. The molecule has 1 saturated heterocycles. The van der Waals surface area contributed by atoms with Crippen molar-refractivity contribution in [2.24, 2.45) is 7.05 Å². The molecular formula is C17H22N8. The maximum absolute atomic E-state index is 4.82. The Bertz CT molecular complexity index is 885. The van der Waals surface area contributed by atoms with Crippen LogP contribution in [-0.4, -0.2) is 52.8 Å². The van der Waals surface area contributed by atoms with Crippen molar-refractivity contribution in [3.05, 3.63) is 35.5 Å². The maximum Gasteiger partial charge on any atom is 0.177 e. The van der Waals surface area contributed by atoms with Crippen molar-refractivity contribution < 1.29 is 0 Å². The normalized spacial score (nSPS) is 19.7. The van der Waals surface area contributed by atoms with E-state index in [0.717, 1.165) is 49.6 Å². The highest BCUT2D eigenvalue weighted by Crippen LogP contribution is 2.39. The van der Waals surface area contributed by atoms with Crippen LogP contribution in [-0.2, 0) is 13.6 Å². The molecule has 8 nitrogen and oxygen atoms in total. The molecule has 1 aliphatic carbocycles. The Labute approximate surface area is 145 Å². The number of aromatic nitrogens is 7. The Kier molecular flexibility index (Phi) is 3.51. The number of aryl methyl sites for hydroxylation is 1. The minimum atomic E-state index is 0.426. The summed E-state index contributed by atoms with van der Waals surface area (Å²) in [4.78, 5) is 2.44. The lowest BCUT2D eigenvalue weighted by Crippen LogP contribution is -2.33. The molecule has 2 fully saturated rings. The largest absolute Gasteiger partial charge is 0.297 e. The smallest absolute Gasteiger partial charge is 0.177 e. The minimum Gasteiger partial charge on any atom is -0.297 e. The van der Waals surface area contributed by atoms with E-state index in [0.29, 0.717) is 11.8 Å². The van der Waals surface area contributed by atoms with Gasteiger partial charge < -0.3 is 0 Å². The summed E-state index contributed by atoms with van der Waals surface area (Å²) in [5, 5.41) is 21.8. The number of hydrogen-bond donors (Lipinski definition) is 0. The fourth-order valence-electron chi connectivity index (χ4n) is 3.72. The van der Waals surface area contributed by atoms with Crippen LogP contribution in [0.5, 0.6) is 0 Å². The number of hydrogen-bond acceptors (Lipinski definition) is 6. The molecule has 4 heterocycles. The molecule has 8 heteroatoms. The topological polar surface area (TPSA) is 77.0 Å². The van der Waals surface area contributed by atoms with E-state index in [1.54, 1.807) is 4.68 Å². The second-order valence-corrected chi connectivity index (χ2v) is 7.29. The predicted octanol–water partition coefficient (Wildman–Crippen LogP) is 1.51. The van der Waals surface area contributed by atoms with E-state index in [1.807, 2.05) is 17.8 Å². The van der Waals surface area contributed by atoms with E-state index >= 15 is 0 Å². The van der Waals surface area contributed by atoms with Gasteiger partial charge in [0.2, 0.25) is 0 Å². The van der Waals surface area contributed by atoms with Crippen LogP contribution in [0.25, 0.3) is 5.65 Å². The van der Waals surface area contributed by atoms with Gasteiger partial charge >= 0.3 is 0 Å². The van der Waals surface area contributed by atoms with Gasteiger partial charge in [-0.1, -0.05) is 5.21 Å². The zero-order valence-electron chi connectivity index (χ0n) is 14.4. The molecule has 2 aliphatic rings. The first-order chi connectivity index (χ1) is 12.3. The Morgan fingerprint density at radius 3 is 2.56 bits per heavy atom. The number of nitrogens with zero attached hydrogens (tertiary/aromatic N) is 8. The summed E-state index contributed by atoms with van der Waals surface area (Å²) in [6.07, 6.45) is 6.67. The highest BCUT2D eigenvalue weighted by molar-refractivity contribution is 5.38. The first kappa shape index (κ1) is 14.9. The fourth-order valence-corrected chi connectivity index (χ4v) is 3.72. The van der Waals surface area contributed by atoms with Crippen LogP contribution in [0, 0.1) is 0 Å². The van der Waals surface area contributed by atoms with Crippen LogP contribution in [0.1, 0.15) is 54.7 Å². The Morgan fingerprint density at radius 2 is 1.84 bits per heavy atom. The highest BCUT2D eigenvalue weighted by atomic mass is 15.4. The lowest BCUT2D eigenvalue weighted by molar-refractivity contribution is 0.198. The SMILES string of the molecule is Cn1cc(CN2CCC(c3nnc4ccc(C5CC5)nn34)CC2)nn1. The standard InChI is InChI=1S/C17H22N8/c1-23-10-14(18-22-23)11-24-8-6-13(7-9-24)17-20-19-16-5-4-15(12-2-3-12)21-25(16)17/h4-5,10,12-13H,2-3,6-9,11H2,1H3. The van der Waals surface area contributed by atoms with Crippen molar-refractivity contribution in [3.63, 3.8) is 0 Å². The van der Waals surface area contributed by atoms with Gasteiger partial charge in [0.25, 0.3) is 0 Å². The van der Waals surface area contributed by atoms with E-state index in [-0.39, 0.29) is 0 Å². The van der Waals surface area contributed by atoms with E-state index in [9.17, 15) is 0 Å². The van der Waals surface area contributed by atoms with Gasteiger partial charge in [-0.3, -0.25) is 9.58 Å². The molecule has 0 radical (unpaired) electrons. The molecule has 1 aliphatic heterocycles. The van der Waals surface area contributed by atoms with E-state index in [1.165, 1.54) is 18.5 Å². The van der Waals surface area contributed by atoms with Gasteiger partial charge in [0.05, 0.1) is 11.4 Å². The van der Waals surface area contributed by atoms with Crippen molar-refractivity contribution >= 4 is 5.65 Å². The Hall–Kier alpha value is -2.35. The molecule has 0 amide bonds. The molecule has 3 aromatic heterocycles. The fraction of sp³-hybridized carbons (Fsp3) is 0.588. The number of rotatable bonds is 4. The summed E-state index contributed by atoms with van der Waals surface area (Å²) in [7, 11) is 1.90. The summed E-state index contributed by atoms with van der Waals surface area (Å²) < 4.78 is 3.74. The molecular weight excluding hydrogens is 316 g/mol. The van der Waals surface area contributed by atoms with E-state index < -0.39 is 0 Å². The molecule has 3 aromatic rings. The van der Waals surface area contributed by atoms with E-state index in [2.05, 4.69) is 37.5 Å². The third kappa shape index (κ3) is 2.90. The van der Waals surface area contributed by atoms with Crippen LogP contribution in [0.3, 0.4) is 0 Å². The Balaban J connectivity index is 1.30. The quantitative estimate of drug-likeness (QED) is 0.718. The molecule has 0 atom stereocenters. The Morgan fingerprint density at radius 1 is 1.00 bits per heavy atom. The zero-order valence-corrected chi connectivity index (χ0v) is 14.4. The van der Waals surface area contributed by atoms with Crippen LogP contribution in [0.2, 0.25) is 0 Å². The average Bonchev–Trinajstić information content (AvgIpc) is 3.28. The third-order valence-corrected chi connectivity index (χ3v) is 5.29. The summed E-state index contributed by atoms with van der Waals surface area (Å²) in [6.45, 7) is 2.95. The third-order valence-electron chi connectivity index (χ3n) is 5.29. The summed E-state index contributed by atoms with van der Waals surface area (Å²) in [5.74, 6) is 2.10. The van der Waals surface area contributed by atoms with Gasteiger partial charge in [-0.05, 0) is 50.9 Å². The van der Waals surface area contributed by atoms with Gasteiger partial charge in [0.15, 0.2) is 11.5 Å². The van der Waals surface area contributed by atoms with Crippen molar-refractivity contribution in [2.75, 3.05) is 13.1 Å². The highest BCUT2D eigenvalue weighted by Gasteiger charge is 2.28. The maximum atomic E-state index is 4.82. The van der Waals surface area contributed by atoms with Gasteiger partial charge in [-0.2, -0.15) is 9.61 Å². The van der Waals surface area contributed by atoms with Gasteiger partial charge in [-0.15, -0.1) is 15.3 Å². The molecule has 25 heavy (non-hydrogen) atoms. The molecule has 0 spiro atoms. The van der Waals surface area contributed by atoms with Crippen LogP contribution in [0.15, 0.2) is 18.3 Å². The van der Waals surface area contributed by atoms with Crippen LogP contribution in [0.4, 0.5) is 0 Å². The van der Waals surface area contributed by atoms with Gasteiger partial charge in [0.1, 0.15) is 0 Å². The zero-order chi connectivity index (χ0) is 16.8. The lowest BCUT2D eigenvalue weighted by Gasteiger charge is -2.30. The number of fused-ring (bicyclic) bond motifs is 1. The van der Waals surface area contributed by atoms with Crippen molar-refractivity contribution in [1.82, 2.24) is 39.7 Å². The molecule has 0 N–H and O–H groups in total. The second-order valence-electron chi connectivity index (χ2n) is 7.29. The first-order valence-corrected chi connectivity index (χ1v) is 9.06. The lowest BCUT2D eigenvalue weighted by atomic mass is 9.96. The molecule has 0 aromatic carbocycles. The van der Waals surface area contributed by atoms with Crippen LogP contribution >= 0.6 is 0 Å². The van der Waals surface area contributed by atoms with Crippen molar-refractivity contribution in [2.45, 2.75) is 44.1 Å². The predicted molar refractivity (Wildman–Crippen MR) is 91.0 cm³/mol. The van der Waals surface area contributed by atoms with E-state index in [4.69, 9.17) is 5.10 Å². The molecule has 1 saturated carbocycles. The van der Waals surface area contributed by atoms with Crippen molar-refractivity contribution in [1.29, 1.82) is 0 Å². The van der Waals surface area contributed by atoms with Crippen LogP contribution < -0.4 is 0 Å².